The number of aryl methyl sites for hydroxylation is 1. The predicted molar refractivity (Wildman–Crippen MR) is 135 cm³/mol. The molecule has 3 aromatic rings. The SMILES string of the molecule is CCOc1ccc2nc(N3CCC(C(=O)N4CCCCC4c4ccc(F)cc4)CC3)nc(C)c2c1. The molecule has 0 bridgehead atoms. The topological polar surface area (TPSA) is 58.6 Å². The van der Waals surface area contributed by atoms with Crippen LogP contribution in [0.1, 0.15) is 56.3 Å². The Kier molecular flexibility index (Phi) is 6.84. The maximum absolute atomic E-state index is 13.6. The smallest absolute Gasteiger partial charge is 0.226 e. The zero-order valence-electron chi connectivity index (χ0n) is 20.5. The van der Waals surface area contributed by atoms with Gasteiger partial charge in [0.1, 0.15) is 11.6 Å². The van der Waals surface area contributed by atoms with Gasteiger partial charge in [-0.05, 0) is 81.8 Å². The molecule has 0 aliphatic carbocycles. The highest BCUT2D eigenvalue weighted by atomic mass is 19.1. The molecule has 2 aliphatic rings. The summed E-state index contributed by atoms with van der Waals surface area (Å²) in [5.74, 6) is 1.55. The molecule has 7 heteroatoms. The number of nitrogens with zero attached hydrogens (tertiary/aromatic N) is 4. The molecule has 2 aliphatic heterocycles. The van der Waals surface area contributed by atoms with Gasteiger partial charge in [-0.15, -0.1) is 0 Å². The van der Waals surface area contributed by atoms with E-state index in [1.165, 1.54) is 12.1 Å². The van der Waals surface area contributed by atoms with Crippen molar-refractivity contribution in [2.75, 3.05) is 31.1 Å². The van der Waals surface area contributed by atoms with Gasteiger partial charge >= 0.3 is 0 Å². The van der Waals surface area contributed by atoms with E-state index in [4.69, 9.17) is 14.7 Å². The molecule has 3 heterocycles. The molecule has 0 spiro atoms. The van der Waals surface area contributed by atoms with E-state index < -0.39 is 0 Å². The van der Waals surface area contributed by atoms with Crippen LogP contribution in [0.15, 0.2) is 42.5 Å². The van der Waals surface area contributed by atoms with Crippen LogP contribution in [0.4, 0.5) is 10.3 Å². The van der Waals surface area contributed by atoms with E-state index >= 15 is 0 Å². The van der Waals surface area contributed by atoms with Crippen LogP contribution >= 0.6 is 0 Å². The number of rotatable bonds is 5. The second-order valence-corrected chi connectivity index (χ2v) is 9.58. The van der Waals surface area contributed by atoms with Gasteiger partial charge in [0.25, 0.3) is 0 Å². The molecular formula is C28H33FN4O2. The number of benzene rings is 2. The number of hydrogen-bond donors (Lipinski definition) is 0. The molecule has 6 nitrogen and oxygen atoms in total. The van der Waals surface area contributed by atoms with Gasteiger partial charge < -0.3 is 14.5 Å². The van der Waals surface area contributed by atoms with Crippen molar-refractivity contribution < 1.29 is 13.9 Å². The summed E-state index contributed by atoms with van der Waals surface area (Å²) in [6, 6.07) is 12.6. The van der Waals surface area contributed by atoms with Gasteiger partial charge in [0.2, 0.25) is 11.9 Å². The van der Waals surface area contributed by atoms with Crippen LogP contribution in [-0.4, -0.2) is 47.0 Å². The average molecular weight is 477 g/mol. The molecule has 1 unspecified atom stereocenters. The third-order valence-corrected chi connectivity index (χ3v) is 7.32. The van der Waals surface area contributed by atoms with E-state index in [0.29, 0.717) is 6.61 Å². The molecule has 0 radical (unpaired) electrons. The summed E-state index contributed by atoms with van der Waals surface area (Å²) in [4.78, 5) is 27.4. The Labute approximate surface area is 206 Å². The number of anilines is 1. The zero-order valence-corrected chi connectivity index (χ0v) is 20.5. The molecule has 1 aromatic heterocycles. The second kappa shape index (κ2) is 10.2. The fourth-order valence-corrected chi connectivity index (χ4v) is 5.43. The highest BCUT2D eigenvalue weighted by Gasteiger charge is 2.34. The number of carbonyl (C=O) groups is 1. The Morgan fingerprint density at radius 2 is 1.80 bits per heavy atom. The molecule has 2 saturated heterocycles. The van der Waals surface area contributed by atoms with Gasteiger partial charge in [-0.1, -0.05) is 12.1 Å². The molecule has 5 rings (SSSR count). The summed E-state index contributed by atoms with van der Waals surface area (Å²) in [5.41, 5.74) is 2.87. The molecule has 1 amide bonds. The highest BCUT2D eigenvalue weighted by molar-refractivity contribution is 5.83. The van der Waals surface area contributed by atoms with Crippen molar-refractivity contribution in [3.05, 3.63) is 59.5 Å². The van der Waals surface area contributed by atoms with E-state index in [-0.39, 0.29) is 23.7 Å². The summed E-state index contributed by atoms with van der Waals surface area (Å²) in [6.45, 7) is 6.89. The number of likely N-dealkylation sites (tertiary alicyclic amines) is 1. The lowest BCUT2D eigenvalue weighted by Gasteiger charge is -2.40. The van der Waals surface area contributed by atoms with Crippen molar-refractivity contribution in [1.29, 1.82) is 0 Å². The van der Waals surface area contributed by atoms with Crippen molar-refractivity contribution in [3.63, 3.8) is 0 Å². The van der Waals surface area contributed by atoms with Gasteiger partial charge in [-0.25, -0.2) is 14.4 Å². The minimum atomic E-state index is -0.240. The van der Waals surface area contributed by atoms with E-state index in [9.17, 15) is 9.18 Å². The van der Waals surface area contributed by atoms with Crippen LogP contribution in [0, 0.1) is 18.7 Å². The van der Waals surface area contributed by atoms with Crippen LogP contribution < -0.4 is 9.64 Å². The standard InChI is InChI=1S/C28H33FN4O2/c1-3-35-23-11-12-25-24(18-23)19(2)30-28(31-25)32-16-13-21(14-17-32)27(34)33-15-5-4-6-26(33)20-7-9-22(29)10-8-20/h7-12,18,21,26H,3-6,13-17H2,1-2H3. The Morgan fingerprint density at radius 1 is 1.03 bits per heavy atom. The largest absolute Gasteiger partial charge is 0.494 e. The van der Waals surface area contributed by atoms with Gasteiger partial charge in [-0.2, -0.15) is 0 Å². The second-order valence-electron chi connectivity index (χ2n) is 9.58. The van der Waals surface area contributed by atoms with E-state index in [1.54, 1.807) is 0 Å². The first-order chi connectivity index (χ1) is 17.0. The Hall–Kier alpha value is -3.22. The van der Waals surface area contributed by atoms with Crippen LogP contribution in [0.5, 0.6) is 5.75 Å². The number of ether oxygens (including phenoxy) is 1. The number of piperidine rings is 2. The van der Waals surface area contributed by atoms with Gasteiger partial charge in [0, 0.05) is 30.9 Å². The predicted octanol–water partition coefficient (Wildman–Crippen LogP) is 5.45. The normalized spacial score (nSPS) is 19.2. The Bertz CT molecular complexity index is 1190. The number of hydrogen-bond acceptors (Lipinski definition) is 5. The summed E-state index contributed by atoms with van der Waals surface area (Å²) >= 11 is 0. The summed E-state index contributed by atoms with van der Waals surface area (Å²) in [7, 11) is 0. The molecule has 184 valence electrons. The van der Waals surface area contributed by atoms with Crippen molar-refractivity contribution in [2.45, 2.75) is 52.0 Å². The van der Waals surface area contributed by atoms with E-state index in [2.05, 4.69) is 4.90 Å². The van der Waals surface area contributed by atoms with E-state index in [0.717, 1.165) is 85.6 Å². The first kappa shape index (κ1) is 23.5. The lowest BCUT2D eigenvalue weighted by molar-refractivity contribution is -0.140. The molecule has 0 saturated carbocycles. The van der Waals surface area contributed by atoms with E-state index in [1.807, 2.05) is 49.1 Å². The number of aromatic nitrogens is 2. The van der Waals surface area contributed by atoms with Crippen LogP contribution in [-0.2, 0) is 4.79 Å². The number of amides is 1. The zero-order chi connectivity index (χ0) is 24.4. The van der Waals surface area contributed by atoms with Crippen molar-refractivity contribution in [3.8, 4) is 5.75 Å². The third kappa shape index (κ3) is 4.95. The molecule has 35 heavy (non-hydrogen) atoms. The van der Waals surface area contributed by atoms with Crippen LogP contribution in [0.2, 0.25) is 0 Å². The fraction of sp³-hybridized carbons (Fsp3) is 0.464. The maximum atomic E-state index is 13.6. The fourth-order valence-electron chi connectivity index (χ4n) is 5.43. The lowest BCUT2D eigenvalue weighted by atomic mass is 9.90. The third-order valence-electron chi connectivity index (χ3n) is 7.32. The molecule has 2 aromatic carbocycles. The first-order valence-electron chi connectivity index (χ1n) is 12.8. The number of halogens is 1. The minimum Gasteiger partial charge on any atom is -0.494 e. The number of fused-ring (bicyclic) bond motifs is 1. The van der Waals surface area contributed by atoms with Crippen LogP contribution in [0.25, 0.3) is 10.9 Å². The molecule has 1 atom stereocenters. The first-order valence-corrected chi connectivity index (χ1v) is 12.8. The maximum Gasteiger partial charge on any atom is 0.226 e. The van der Waals surface area contributed by atoms with Gasteiger partial charge in [0.15, 0.2) is 0 Å². The summed E-state index contributed by atoms with van der Waals surface area (Å²) in [6.07, 6.45) is 4.63. The van der Waals surface area contributed by atoms with Crippen molar-refractivity contribution >= 4 is 22.8 Å². The number of carbonyl (C=O) groups excluding carboxylic acids is 1. The average Bonchev–Trinajstić information content (AvgIpc) is 2.89. The summed E-state index contributed by atoms with van der Waals surface area (Å²) < 4.78 is 19.1. The Balaban J connectivity index is 1.27. The summed E-state index contributed by atoms with van der Waals surface area (Å²) in [5, 5.41) is 1.00. The monoisotopic (exact) mass is 476 g/mol. The van der Waals surface area contributed by atoms with Crippen molar-refractivity contribution in [1.82, 2.24) is 14.9 Å². The quantitative estimate of drug-likeness (QED) is 0.490. The molecular weight excluding hydrogens is 443 g/mol. The lowest BCUT2D eigenvalue weighted by Crippen LogP contribution is -2.46. The Morgan fingerprint density at radius 3 is 2.54 bits per heavy atom. The van der Waals surface area contributed by atoms with Gasteiger partial charge in [0.05, 0.1) is 23.9 Å². The highest BCUT2D eigenvalue weighted by Crippen LogP contribution is 2.34. The molecule has 2 fully saturated rings. The van der Waals surface area contributed by atoms with Crippen molar-refractivity contribution in [2.24, 2.45) is 5.92 Å². The van der Waals surface area contributed by atoms with Crippen LogP contribution in [0.3, 0.4) is 0 Å². The minimum absolute atomic E-state index is 0.00241. The van der Waals surface area contributed by atoms with Gasteiger partial charge in [-0.3, -0.25) is 4.79 Å². The molecule has 0 N–H and O–H groups in total.